The average molecular weight is 549 g/mol. The third-order valence-corrected chi connectivity index (χ3v) is 5.33. The first-order valence-electron chi connectivity index (χ1n) is 14.9. The fourth-order valence-electron chi connectivity index (χ4n) is 3.46. The van der Waals surface area contributed by atoms with Crippen LogP contribution in [0.3, 0.4) is 0 Å². The number of carbonyl (C=O) groups excluding carboxylic acids is 1. The molecule has 1 nitrogen and oxygen atoms in total. The predicted molar refractivity (Wildman–Crippen MR) is 192 cm³/mol. The van der Waals surface area contributed by atoms with Crippen LogP contribution in [0.2, 0.25) is 0 Å². The smallest absolute Gasteiger partial charge is 0.106 e. The molecule has 0 spiro atoms. The number of fused-ring (bicyclic) bond motifs is 1. The minimum atomic E-state index is 1.09. The van der Waals surface area contributed by atoms with E-state index in [0.29, 0.717) is 0 Å². The van der Waals surface area contributed by atoms with Crippen LogP contribution in [-0.2, 0) is 4.79 Å². The van der Waals surface area contributed by atoms with Crippen LogP contribution in [0, 0.1) is 20.8 Å². The molecule has 0 fully saturated rings. The summed E-state index contributed by atoms with van der Waals surface area (Å²) >= 11 is 0. The van der Waals surface area contributed by atoms with Crippen LogP contribution < -0.4 is 0 Å². The van der Waals surface area contributed by atoms with Crippen molar-refractivity contribution in [3.8, 4) is 0 Å². The van der Waals surface area contributed by atoms with Crippen molar-refractivity contribution in [2.24, 2.45) is 0 Å². The van der Waals surface area contributed by atoms with Gasteiger partial charge >= 0.3 is 0 Å². The number of hydrogen-bond donors (Lipinski definition) is 0. The molecule has 0 atom stereocenters. The summed E-state index contributed by atoms with van der Waals surface area (Å²) in [6, 6.07) is 19.1. The molecule has 0 bridgehead atoms. The quantitative estimate of drug-likeness (QED) is 0.296. The van der Waals surface area contributed by atoms with Crippen molar-refractivity contribution in [2.75, 3.05) is 0 Å². The Kier molecular flexibility index (Phi) is 39.5. The maximum Gasteiger partial charge on any atom is 0.106 e. The van der Waals surface area contributed by atoms with Gasteiger partial charge in [0, 0.05) is 0 Å². The lowest BCUT2D eigenvalue weighted by Gasteiger charge is -2.08. The van der Waals surface area contributed by atoms with Crippen LogP contribution in [0.25, 0.3) is 21.9 Å². The molecule has 0 saturated heterocycles. The number of aryl methyl sites for hydroxylation is 3. The maximum atomic E-state index is 8.00. The van der Waals surface area contributed by atoms with E-state index >= 15 is 0 Å². The van der Waals surface area contributed by atoms with Crippen LogP contribution in [0.1, 0.15) is 116 Å². The van der Waals surface area contributed by atoms with Gasteiger partial charge in [0.2, 0.25) is 0 Å². The molecule has 0 N–H and O–H groups in total. The third-order valence-electron chi connectivity index (χ3n) is 5.33. The van der Waals surface area contributed by atoms with E-state index in [1.165, 1.54) is 57.9 Å². The highest BCUT2D eigenvalue weighted by atomic mass is 16.1. The van der Waals surface area contributed by atoms with Gasteiger partial charge in [0.1, 0.15) is 6.79 Å². The van der Waals surface area contributed by atoms with E-state index in [1.54, 1.807) is 0 Å². The van der Waals surface area contributed by atoms with Crippen molar-refractivity contribution in [3.63, 3.8) is 0 Å². The van der Waals surface area contributed by atoms with Crippen LogP contribution in [0.5, 0.6) is 0 Å². The summed E-state index contributed by atoms with van der Waals surface area (Å²) in [6.07, 6.45) is 4.08. The fraction of sp³-hybridized carbons (Fsp3) is 0.410. The van der Waals surface area contributed by atoms with E-state index in [4.69, 9.17) is 4.79 Å². The molecule has 3 aromatic carbocycles. The molecule has 0 aliphatic carbocycles. The summed E-state index contributed by atoms with van der Waals surface area (Å²) in [4.78, 5) is 8.00. The lowest BCUT2D eigenvalue weighted by atomic mass is 9.97. The zero-order valence-corrected chi connectivity index (χ0v) is 28.8. The first-order valence-corrected chi connectivity index (χ1v) is 14.9. The van der Waals surface area contributed by atoms with E-state index in [9.17, 15) is 0 Å². The second kappa shape index (κ2) is 33.8. The second-order valence-corrected chi connectivity index (χ2v) is 8.14. The van der Waals surface area contributed by atoms with Gasteiger partial charge in [-0.2, -0.15) is 0 Å². The Bertz CT molecular complexity index is 973. The molecule has 0 heterocycles. The van der Waals surface area contributed by atoms with Gasteiger partial charge in [-0.1, -0.05) is 154 Å². The number of hydrogen-bond acceptors (Lipinski definition) is 1. The van der Waals surface area contributed by atoms with Crippen molar-refractivity contribution >= 4 is 28.7 Å². The molecule has 0 radical (unpaired) electrons. The second-order valence-electron chi connectivity index (χ2n) is 8.14. The zero-order valence-electron chi connectivity index (χ0n) is 28.8. The van der Waals surface area contributed by atoms with E-state index in [2.05, 4.69) is 103 Å². The zero-order chi connectivity index (χ0) is 32.7. The van der Waals surface area contributed by atoms with E-state index in [-0.39, 0.29) is 0 Å². The van der Waals surface area contributed by atoms with Gasteiger partial charge in [0.15, 0.2) is 0 Å². The Morgan fingerprint density at radius 3 is 1.23 bits per heavy atom. The van der Waals surface area contributed by atoms with E-state index < -0.39 is 0 Å². The third kappa shape index (κ3) is 19.8. The molecule has 0 aromatic heterocycles. The van der Waals surface area contributed by atoms with Gasteiger partial charge in [-0.15, -0.1) is 13.2 Å². The van der Waals surface area contributed by atoms with Gasteiger partial charge < -0.3 is 4.79 Å². The fourth-order valence-corrected chi connectivity index (χ4v) is 3.46. The Morgan fingerprint density at radius 1 is 0.600 bits per heavy atom. The van der Waals surface area contributed by atoms with E-state index in [1.807, 2.05) is 74.3 Å². The highest BCUT2D eigenvalue weighted by molar-refractivity contribution is 5.89. The number of rotatable bonds is 4. The molecule has 0 amide bonds. The number of carbonyl (C=O) groups is 1. The van der Waals surface area contributed by atoms with Gasteiger partial charge in [-0.25, -0.2) is 0 Å². The van der Waals surface area contributed by atoms with Crippen molar-refractivity contribution < 1.29 is 4.79 Å². The number of allylic oxidation sites excluding steroid dienone is 2. The molecular formula is C39H64O. The monoisotopic (exact) mass is 548 g/mol. The number of benzene rings is 3. The predicted octanol–water partition coefficient (Wildman–Crippen LogP) is 13.4. The Morgan fingerprint density at radius 2 is 0.925 bits per heavy atom. The Labute approximate surface area is 251 Å². The first-order chi connectivity index (χ1) is 19.2. The lowest BCUT2D eigenvalue weighted by molar-refractivity contribution is -0.0980. The van der Waals surface area contributed by atoms with Crippen LogP contribution in [-0.4, -0.2) is 6.79 Å². The van der Waals surface area contributed by atoms with Gasteiger partial charge in [-0.3, -0.25) is 0 Å². The van der Waals surface area contributed by atoms with Crippen LogP contribution in [0.4, 0.5) is 0 Å². The van der Waals surface area contributed by atoms with Gasteiger partial charge in [-0.05, 0) is 73.2 Å². The SMILES string of the molecule is C=C.C=C(C)c1ccccc1C(=C)C.C=O.CC.CC.CC.CCCCC.Cc1cc(C)c2ccccc2c1C. The topological polar surface area (TPSA) is 17.1 Å². The summed E-state index contributed by atoms with van der Waals surface area (Å²) in [5, 5.41) is 2.77. The summed E-state index contributed by atoms with van der Waals surface area (Å²) in [7, 11) is 0. The Balaban J connectivity index is -0.000000139. The summed E-state index contributed by atoms with van der Waals surface area (Å²) < 4.78 is 0. The van der Waals surface area contributed by atoms with Crippen LogP contribution in [0.15, 0.2) is 80.9 Å². The highest BCUT2D eigenvalue weighted by Crippen LogP contribution is 2.24. The summed E-state index contributed by atoms with van der Waals surface area (Å²) in [5.74, 6) is 0. The minimum Gasteiger partial charge on any atom is -0.307 e. The average Bonchev–Trinajstić information content (AvgIpc) is 3.02. The Hall–Kier alpha value is -3.19. The molecular weight excluding hydrogens is 484 g/mol. The molecule has 0 aliphatic rings. The largest absolute Gasteiger partial charge is 0.307 e. The molecule has 40 heavy (non-hydrogen) atoms. The van der Waals surface area contributed by atoms with Crippen molar-refractivity contribution in [1.82, 2.24) is 0 Å². The normalized spacial score (nSPS) is 8.03. The summed E-state index contributed by atoms with van der Waals surface area (Å²) in [5.41, 5.74) is 8.74. The molecule has 226 valence electrons. The maximum absolute atomic E-state index is 8.00. The molecule has 0 unspecified atom stereocenters. The molecule has 1 heteroatoms. The van der Waals surface area contributed by atoms with E-state index in [0.717, 1.165) is 11.1 Å². The van der Waals surface area contributed by atoms with Crippen molar-refractivity contribution in [1.29, 1.82) is 0 Å². The van der Waals surface area contributed by atoms with Gasteiger partial charge in [0.05, 0.1) is 0 Å². The minimum absolute atomic E-state index is 1.09. The molecule has 0 saturated carbocycles. The summed E-state index contributed by atoms with van der Waals surface area (Å²) in [6.45, 7) is 42.9. The molecule has 3 rings (SSSR count). The number of unbranched alkanes of at least 4 members (excludes halogenated alkanes) is 2. The highest BCUT2D eigenvalue weighted by Gasteiger charge is 2.02. The van der Waals surface area contributed by atoms with Gasteiger partial charge in [0.25, 0.3) is 0 Å². The molecule has 0 aliphatic heterocycles. The van der Waals surface area contributed by atoms with Crippen LogP contribution >= 0.6 is 0 Å². The van der Waals surface area contributed by atoms with Crippen molar-refractivity contribution in [3.05, 3.63) is 109 Å². The standard InChI is InChI=1S/C13H14.C12H14.C5H12.3C2H6.C2H4.CH2O/c1-9-8-10(2)12-6-4-5-7-13(12)11(9)3;1-9(2)11-7-5-6-8-12(11)10(3)4;1-3-5-4-2;5*1-2/h4-8H,1-3H3;5-8H,1,3H2,2,4H3;3-5H2,1-2H3;3*1-2H3;1-2H2;1H2. The first kappa shape index (κ1) is 46.6. The van der Waals surface area contributed by atoms with Crippen molar-refractivity contribution in [2.45, 2.75) is 109 Å². The lowest BCUT2D eigenvalue weighted by Crippen LogP contribution is -1.86. The molecule has 3 aromatic rings.